The summed E-state index contributed by atoms with van der Waals surface area (Å²) >= 11 is 0. The monoisotopic (exact) mass is 516 g/mol. The Labute approximate surface area is 208 Å². The van der Waals surface area contributed by atoms with Gasteiger partial charge in [0.05, 0.1) is 24.4 Å². The normalized spacial score (nSPS) is 14.3. The summed E-state index contributed by atoms with van der Waals surface area (Å²) in [5.74, 6) is -1.18. The molecule has 0 atom stereocenters. The molecule has 1 aliphatic rings. The minimum atomic E-state index is -4.90. The summed E-state index contributed by atoms with van der Waals surface area (Å²) in [7, 11) is 0. The second kappa shape index (κ2) is 9.71. The number of primary amides is 1. The number of hydrogen-bond acceptors (Lipinski definition) is 9. The Morgan fingerprint density at radius 3 is 2.70 bits per heavy atom. The van der Waals surface area contributed by atoms with E-state index < -0.39 is 18.0 Å². The zero-order valence-corrected chi connectivity index (χ0v) is 19.4. The number of hydrogen-bond donors (Lipinski definition) is 4. The Kier molecular flexibility index (Phi) is 6.43. The lowest BCUT2D eigenvalue weighted by Crippen LogP contribution is -2.43. The van der Waals surface area contributed by atoms with Crippen LogP contribution in [0.4, 0.5) is 30.5 Å². The van der Waals surface area contributed by atoms with Crippen molar-refractivity contribution in [2.75, 3.05) is 43.0 Å². The maximum atomic E-state index is 13.1. The van der Waals surface area contributed by atoms with Crippen LogP contribution in [0.25, 0.3) is 21.8 Å². The highest BCUT2D eigenvalue weighted by Gasteiger charge is 2.32. The van der Waals surface area contributed by atoms with Crippen LogP contribution in [0.5, 0.6) is 5.75 Å². The molecular formula is C23H23F3N8O3. The van der Waals surface area contributed by atoms with Crippen molar-refractivity contribution < 1.29 is 27.8 Å². The van der Waals surface area contributed by atoms with Crippen LogP contribution >= 0.6 is 0 Å². The highest BCUT2D eigenvalue weighted by molar-refractivity contribution is 6.11. The number of amides is 1. The number of nitrogens with one attached hydrogen (secondary N) is 2. The van der Waals surface area contributed by atoms with Crippen LogP contribution in [0.1, 0.15) is 10.5 Å². The van der Waals surface area contributed by atoms with E-state index in [0.717, 1.165) is 13.1 Å². The lowest BCUT2D eigenvalue weighted by Gasteiger charge is -2.30. The lowest BCUT2D eigenvalue weighted by molar-refractivity contribution is -0.274. The molecule has 194 valence electrons. The summed E-state index contributed by atoms with van der Waals surface area (Å²) in [4.78, 5) is 22.7. The van der Waals surface area contributed by atoms with Crippen LogP contribution < -0.4 is 26.0 Å². The van der Waals surface area contributed by atoms with Gasteiger partial charge in [-0.1, -0.05) is 6.07 Å². The van der Waals surface area contributed by atoms with Crippen molar-refractivity contribution in [1.82, 2.24) is 25.1 Å². The van der Waals surface area contributed by atoms with Gasteiger partial charge in [-0.25, -0.2) is 9.97 Å². The summed E-state index contributed by atoms with van der Waals surface area (Å²) < 4.78 is 45.0. The predicted octanol–water partition coefficient (Wildman–Crippen LogP) is 2.12. The van der Waals surface area contributed by atoms with Gasteiger partial charge in [0.25, 0.3) is 5.91 Å². The molecule has 0 aliphatic carbocycles. The van der Waals surface area contributed by atoms with Gasteiger partial charge >= 0.3 is 6.36 Å². The van der Waals surface area contributed by atoms with Crippen LogP contribution in [0.2, 0.25) is 0 Å². The smallest absolute Gasteiger partial charge is 0.404 e. The third kappa shape index (κ3) is 5.06. The zero-order chi connectivity index (χ0) is 26.2. The molecule has 1 aliphatic heterocycles. The fourth-order valence-corrected chi connectivity index (χ4v) is 4.33. The average molecular weight is 516 g/mol. The van der Waals surface area contributed by atoms with E-state index in [4.69, 9.17) is 5.73 Å². The van der Waals surface area contributed by atoms with Crippen molar-refractivity contribution in [1.29, 1.82) is 0 Å². The number of nitrogens with zero attached hydrogens (tertiary/aromatic N) is 5. The number of aromatic nitrogens is 4. The summed E-state index contributed by atoms with van der Waals surface area (Å²) in [6.45, 7) is 2.72. The van der Waals surface area contributed by atoms with Gasteiger partial charge in [-0.05, 0) is 24.3 Å². The number of fused-ring (bicyclic) bond motifs is 3. The molecule has 0 saturated carbocycles. The van der Waals surface area contributed by atoms with E-state index in [1.54, 1.807) is 24.3 Å². The maximum Gasteiger partial charge on any atom is 0.573 e. The molecular weight excluding hydrogens is 493 g/mol. The van der Waals surface area contributed by atoms with E-state index >= 15 is 0 Å². The van der Waals surface area contributed by atoms with Crippen LogP contribution in [0.15, 0.2) is 36.5 Å². The quantitative estimate of drug-likeness (QED) is 0.290. The third-order valence-corrected chi connectivity index (χ3v) is 5.92. The molecule has 2 aromatic heterocycles. The number of nitrogens with two attached hydrogens (primary N) is 1. The molecule has 37 heavy (non-hydrogen) atoms. The first-order valence-corrected chi connectivity index (χ1v) is 11.4. The molecule has 1 fully saturated rings. The first-order chi connectivity index (χ1) is 17.7. The molecule has 14 heteroatoms. The molecule has 3 heterocycles. The van der Waals surface area contributed by atoms with Gasteiger partial charge in [0, 0.05) is 48.8 Å². The number of ether oxygens (including phenoxy) is 1. The fraction of sp³-hybridized carbons (Fsp3) is 0.304. The fourth-order valence-electron chi connectivity index (χ4n) is 4.33. The second-order valence-electron chi connectivity index (χ2n) is 8.34. The minimum Gasteiger partial charge on any atom is -0.404 e. The van der Waals surface area contributed by atoms with Gasteiger partial charge in [0.1, 0.15) is 5.52 Å². The topological polar surface area (TPSA) is 143 Å². The van der Waals surface area contributed by atoms with Crippen molar-refractivity contribution in [2.24, 2.45) is 5.73 Å². The van der Waals surface area contributed by atoms with E-state index in [9.17, 15) is 23.1 Å². The van der Waals surface area contributed by atoms with Crippen LogP contribution in [-0.2, 0) is 6.54 Å². The van der Waals surface area contributed by atoms with E-state index in [2.05, 4.69) is 30.4 Å². The van der Waals surface area contributed by atoms with Gasteiger partial charge in [-0.3, -0.25) is 9.48 Å². The van der Waals surface area contributed by atoms with Gasteiger partial charge in [0.15, 0.2) is 11.4 Å². The Bertz CT molecular complexity index is 1470. The highest BCUT2D eigenvalue weighted by Crippen LogP contribution is 2.36. The molecule has 5 N–H and O–H groups in total. The van der Waals surface area contributed by atoms with E-state index in [0.29, 0.717) is 40.6 Å². The number of benzene rings is 2. The molecule has 0 bridgehead atoms. The second-order valence-corrected chi connectivity index (χ2v) is 8.34. The summed E-state index contributed by atoms with van der Waals surface area (Å²) in [5.41, 5.74) is 7.05. The highest BCUT2D eigenvalue weighted by atomic mass is 19.4. The number of piperazine rings is 1. The van der Waals surface area contributed by atoms with Gasteiger partial charge < -0.3 is 31.1 Å². The Morgan fingerprint density at radius 1 is 1.22 bits per heavy atom. The minimum absolute atomic E-state index is 0.00172. The van der Waals surface area contributed by atoms with Crippen molar-refractivity contribution in [2.45, 2.75) is 12.9 Å². The SMILES string of the molecule is NC(=O)c1nn(CCO)c2c1ccc1cnc(Nc3cc(N4CCNCC4)ccc3OC(F)(F)F)nc12. The predicted molar refractivity (Wildman–Crippen MR) is 130 cm³/mol. The number of halogens is 3. The molecule has 4 aromatic rings. The summed E-state index contributed by atoms with van der Waals surface area (Å²) in [6, 6.07) is 7.72. The lowest BCUT2D eigenvalue weighted by atomic mass is 10.1. The molecule has 0 radical (unpaired) electrons. The van der Waals surface area contributed by atoms with E-state index in [1.807, 2.05) is 4.90 Å². The first-order valence-electron chi connectivity index (χ1n) is 11.4. The van der Waals surface area contributed by atoms with Crippen molar-refractivity contribution in [3.05, 3.63) is 42.2 Å². The molecule has 5 rings (SSSR count). The number of carbonyl (C=O) groups is 1. The Balaban J connectivity index is 1.59. The van der Waals surface area contributed by atoms with Crippen molar-refractivity contribution in [3.8, 4) is 5.75 Å². The number of anilines is 3. The Morgan fingerprint density at radius 2 is 2.00 bits per heavy atom. The van der Waals surface area contributed by atoms with Crippen LogP contribution in [0.3, 0.4) is 0 Å². The molecule has 11 nitrogen and oxygen atoms in total. The maximum absolute atomic E-state index is 13.1. The van der Waals surface area contributed by atoms with Crippen molar-refractivity contribution in [3.63, 3.8) is 0 Å². The van der Waals surface area contributed by atoms with Crippen molar-refractivity contribution >= 4 is 45.0 Å². The summed E-state index contributed by atoms with van der Waals surface area (Å²) in [6.07, 6.45) is -3.40. The van der Waals surface area contributed by atoms with E-state index in [-0.39, 0.29) is 30.5 Å². The van der Waals surface area contributed by atoms with Crippen LogP contribution in [0, 0.1) is 0 Å². The molecule has 0 unspecified atom stereocenters. The number of carbonyl (C=O) groups excluding carboxylic acids is 1. The molecule has 1 amide bonds. The first kappa shape index (κ1) is 24.5. The summed E-state index contributed by atoms with van der Waals surface area (Å²) in [5, 5.41) is 20.8. The number of aliphatic hydroxyl groups excluding tert-OH is 1. The van der Waals surface area contributed by atoms with Gasteiger partial charge in [0.2, 0.25) is 5.95 Å². The third-order valence-electron chi connectivity index (χ3n) is 5.92. The zero-order valence-electron chi connectivity index (χ0n) is 19.4. The van der Waals surface area contributed by atoms with E-state index in [1.165, 1.54) is 16.9 Å². The molecule has 1 saturated heterocycles. The van der Waals surface area contributed by atoms with Gasteiger partial charge in [-0.2, -0.15) is 5.10 Å². The molecule has 2 aromatic carbocycles. The number of alkyl halides is 3. The molecule has 0 spiro atoms. The van der Waals surface area contributed by atoms with Crippen LogP contribution in [-0.4, -0.2) is 69.9 Å². The number of rotatable bonds is 7. The number of aliphatic hydroxyl groups is 1. The largest absolute Gasteiger partial charge is 0.573 e. The Hall–Kier alpha value is -4.17. The standard InChI is InChI=1S/C23H23F3N8O3/c24-23(25,26)37-17-4-2-14(33-7-5-28-6-8-33)11-16(17)30-22-29-12-13-1-3-15-19(21(27)36)32-34(9-10-35)20(15)18(13)31-22/h1-4,11-12,28,35H,5-10H2,(H2,27,36)(H,29,30,31). The average Bonchev–Trinajstić information content (AvgIpc) is 3.24. The van der Waals surface area contributed by atoms with Gasteiger partial charge in [-0.15, -0.1) is 13.2 Å².